The van der Waals surface area contributed by atoms with Crippen molar-refractivity contribution >= 4 is 26.5 Å². The first-order chi connectivity index (χ1) is 14.5. The van der Waals surface area contributed by atoms with Gasteiger partial charge in [-0.15, -0.1) is 0 Å². The van der Waals surface area contributed by atoms with Gasteiger partial charge in [-0.05, 0) is 37.7 Å². The minimum absolute atomic E-state index is 0.0506. The maximum absolute atomic E-state index is 12.7. The lowest BCUT2D eigenvalue weighted by Crippen LogP contribution is -2.41. The average Bonchev–Trinajstić information content (AvgIpc) is 2.71. The zero-order chi connectivity index (χ0) is 22.8. The van der Waals surface area contributed by atoms with E-state index < -0.39 is 22.4 Å². The van der Waals surface area contributed by atoms with Gasteiger partial charge in [-0.1, -0.05) is 30.3 Å². The molecule has 0 aliphatic heterocycles. The Morgan fingerprint density at radius 3 is 2.32 bits per heavy atom. The Bertz CT molecular complexity index is 1220. The molecule has 31 heavy (non-hydrogen) atoms. The van der Waals surface area contributed by atoms with E-state index in [2.05, 4.69) is 9.82 Å². The predicted molar refractivity (Wildman–Crippen MR) is 119 cm³/mol. The van der Waals surface area contributed by atoms with E-state index in [0.717, 1.165) is 11.6 Å². The lowest BCUT2D eigenvalue weighted by Gasteiger charge is -2.26. The second kappa shape index (κ2) is 9.15. The van der Waals surface area contributed by atoms with Crippen LogP contribution in [-0.2, 0) is 16.6 Å². The summed E-state index contributed by atoms with van der Waals surface area (Å²) in [6.07, 6.45) is -0.912. The fraction of sp³-hybridized carbons (Fsp3) is 0.333. The Morgan fingerprint density at radius 1 is 1.10 bits per heavy atom. The summed E-state index contributed by atoms with van der Waals surface area (Å²) in [5.74, 6) is 0. The van der Waals surface area contributed by atoms with Gasteiger partial charge in [0.05, 0.1) is 30.0 Å². The molecule has 3 rings (SSSR count). The van der Waals surface area contributed by atoms with Crippen LogP contribution in [0.25, 0.3) is 10.8 Å². The number of rotatable bonds is 8. The Balaban J connectivity index is 1.68. The van der Waals surface area contributed by atoms with E-state index in [-0.39, 0.29) is 18.6 Å². The molecule has 9 nitrogen and oxygen atoms in total. The van der Waals surface area contributed by atoms with Crippen molar-refractivity contribution in [3.63, 3.8) is 0 Å². The molecule has 0 aliphatic rings. The van der Waals surface area contributed by atoms with E-state index in [0.29, 0.717) is 22.3 Å². The zero-order valence-electron chi connectivity index (χ0n) is 17.6. The molecule has 0 radical (unpaired) electrons. The van der Waals surface area contributed by atoms with Gasteiger partial charge in [-0.25, -0.2) is 13.1 Å². The molecular weight excluding hydrogens is 420 g/mol. The fourth-order valence-electron chi connectivity index (χ4n) is 3.31. The highest BCUT2D eigenvalue weighted by Gasteiger charge is 2.19. The first-order valence-corrected chi connectivity index (χ1v) is 11.5. The van der Waals surface area contributed by atoms with Gasteiger partial charge in [0.2, 0.25) is 10.0 Å². The number of anilines is 1. The zero-order valence-corrected chi connectivity index (χ0v) is 18.4. The lowest BCUT2D eigenvalue weighted by molar-refractivity contribution is -0.0193. The van der Waals surface area contributed by atoms with Crippen LogP contribution in [0.2, 0.25) is 0 Å². The predicted octanol–water partition coefficient (Wildman–Crippen LogP) is 1.06. The molecule has 166 valence electrons. The minimum atomic E-state index is -3.38. The largest absolute Gasteiger partial charge is 0.387 e. The maximum Gasteiger partial charge on any atom is 0.274 e. The Kier molecular flexibility index (Phi) is 6.75. The number of aliphatic hydroxyl groups excluding tert-OH is 2. The number of hydrogen-bond donors (Lipinski definition) is 3. The van der Waals surface area contributed by atoms with Gasteiger partial charge in [-0.2, -0.15) is 5.10 Å². The number of nitrogens with one attached hydrogen (secondary N) is 1. The first kappa shape index (κ1) is 22.9. The van der Waals surface area contributed by atoms with Crippen LogP contribution >= 0.6 is 0 Å². The molecule has 1 aromatic heterocycles. The second-order valence-electron chi connectivity index (χ2n) is 7.55. The van der Waals surface area contributed by atoms with Gasteiger partial charge in [0.1, 0.15) is 6.23 Å². The molecule has 10 heteroatoms. The fourth-order valence-corrected chi connectivity index (χ4v) is 3.87. The Hall–Kier alpha value is -2.79. The van der Waals surface area contributed by atoms with Crippen LogP contribution in [0.5, 0.6) is 0 Å². The molecule has 2 atom stereocenters. The molecule has 0 bridgehead atoms. The summed E-state index contributed by atoms with van der Waals surface area (Å²) in [5.41, 5.74) is 1.36. The van der Waals surface area contributed by atoms with Gasteiger partial charge in [0, 0.05) is 17.6 Å². The number of sulfonamides is 1. The van der Waals surface area contributed by atoms with Crippen molar-refractivity contribution < 1.29 is 18.6 Å². The van der Waals surface area contributed by atoms with Crippen molar-refractivity contribution in [3.05, 3.63) is 70.1 Å². The molecule has 0 amide bonds. The van der Waals surface area contributed by atoms with E-state index in [4.69, 9.17) is 0 Å². The van der Waals surface area contributed by atoms with Gasteiger partial charge in [0.15, 0.2) is 0 Å². The summed E-state index contributed by atoms with van der Waals surface area (Å²) in [7, 11) is -1.75. The van der Waals surface area contributed by atoms with Gasteiger partial charge < -0.3 is 10.2 Å². The number of likely N-dealkylation sites (N-methyl/N-ethyl adjacent to an activating group) is 1. The van der Waals surface area contributed by atoms with E-state index >= 15 is 0 Å². The van der Waals surface area contributed by atoms with Crippen molar-refractivity contribution in [1.29, 1.82) is 0 Å². The van der Waals surface area contributed by atoms with Crippen molar-refractivity contribution in [2.45, 2.75) is 25.8 Å². The third-order valence-electron chi connectivity index (χ3n) is 4.96. The quantitative estimate of drug-likeness (QED) is 0.442. The van der Waals surface area contributed by atoms with Crippen LogP contribution in [0.1, 0.15) is 17.4 Å². The number of benzene rings is 2. The number of fused-ring (bicyclic) bond motifs is 1. The Morgan fingerprint density at radius 2 is 1.71 bits per heavy atom. The highest BCUT2D eigenvalue weighted by atomic mass is 32.2. The van der Waals surface area contributed by atoms with Crippen LogP contribution in [0.4, 0.5) is 5.69 Å². The molecule has 2 aromatic carbocycles. The van der Waals surface area contributed by atoms with Crippen molar-refractivity contribution in [2.24, 2.45) is 0 Å². The number of aliphatic hydroxyl groups is 2. The minimum Gasteiger partial charge on any atom is -0.387 e. The monoisotopic (exact) mass is 446 g/mol. The number of aromatic nitrogens is 2. The standard InChI is InChI=1S/C21H26N4O5S/c1-14-17-6-4-5-7-18(17)21(28)25(22-14)13-20(27)24(2)12-19(26)15-8-10-16(11-9-15)23-31(3,29)30/h4-11,19-20,23,26-27H,12-13H2,1-3H3. The summed E-state index contributed by atoms with van der Waals surface area (Å²) in [5, 5.41) is 26.7. The van der Waals surface area contributed by atoms with E-state index in [9.17, 15) is 23.4 Å². The molecule has 0 saturated heterocycles. The third-order valence-corrected chi connectivity index (χ3v) is 5.56. The molecule has 3 N–H and O–H groups in total. The molecular formula is C21H26N4O5S. The smallest absolute Gasteiger partial charge is 0.274 e. The van der Waals surface area contributed by atoms with Gasteiger partial charge in [-0.3, -0.25) is 14.4 Å². The molecule has 0 aliphatic carbocycles. The molecule has 0 saturated carbocycles. The maximum atomic E-state index is 12.7. The van der Waals surface area contributed by atoms with Crippen LogP contribution < -0.4 is 10.3 Å². The molecule has 3 aromatic rings. The Labute approximate surface area is 180 Å². The van der Waals surface area contributed by atoms with E-state index in [1.54, 1.807) is 50.4 Å². The summed E-state index contributed by atoms with van der Waals surface area (Å²) >= 11 is 0. The number of aryl methyl sites for hydroxylation is 1. The summed E-state index contributed by atoms with van der Waals surface area (Å²) in [4.78, 5) is 14.2. The third kappa shape index (κ3) is 5.67. The van der Waals surface area contributed by atoms with Crippen molar-refractivity contribution in [1.82, 2.24) is 14.7 Å². The van der Waals surface area contributed by atoms with Crippen LogP contribution in [0.3, 0.4) is 0 Å². The molecule has 2 unspecified atom stereocenters. The highest BCUT2D eigenvalue weighted by Crippen LogP contribution is 2.18. The average molecular weight is 447 g/mol. The topological polar surface area (TPSA) is 125 Å². The normalized spacial score (nSPS) is 14.0. The SMILES string of the molecule is Cc1nn(CC(O)N(C)CC(O)c2ccc(NS(C)(=O)=O)cc2)c(=O)c2ccccc12. The second-order valence-corrected chi connectivity index (χ2v) is 9.30. The van der Waals surface area contributed by atoms with E-state index in [1.807, 2.05) is 12.1 Å². The lowest BCUT2D eigenvalue weighted by atomic mass is 10.1. The number of hydrogen-bond acceptors (Lipinski definition) is 7. The van der Waals surface area contributed by atoms with Gasteiger partial charge in [0.25, 0.3) is 5.56 Å². The van der Waals surface area contributed by atoms with Gasteiger partial charge >= 0.3 is 0 Å². The number of nitrogens with zero attached hydrogens (tertiary/aromatic N) is 3. The summed E-state index contributed by atoms with van der Waals surface area (Å²) in [6.45, 7) is 1.85. The van der Waals surface area contributed by atoms with Crippen molar-refractivity contribution in [3.8, 4) is 0 Å². The molecule has 0 spiro atoms. The van der Waals surface area contributed by atoms with E-state index in [1.165, 1.54) is 9.58 Å². The van der Waals surface area contributed by atoms with Crippen LogP contribution in [0.15, 0.2) is 53.3 Å². The molecule has 1 heterocycles. The first-order valence-electron chi connectivity index (χ1n) is 9.66. The highest BCUT2D eigenvalue weighted by molar-refractivity contribution is 7.92. The molecule has 0 fully saturated rings. The van der Waals surface area contributed by atoms with Crippen LogP contribution in [0, 0.1) is 6.92 Å². The summed E-state index contributed by atoms with van der Waals surface area (Å²) in [6, 6.07) is 13.5. The summed E-state index contributed by atoms with van der Waals surface area (Å²) < 4.78 is 26.2. The van der Waals surface area contributed by atoms with Crippen LogP contribution in [-0.4, -0.2) is 59.4 Å². The van der Waals surface area contributed by atoms with Crippen molar-refractivity contribution in [2.75, 3.05) is 24.6 Å².